The van der Waals surface area contributed by atoms with Gasteiger partial charge in [0.05, 0.1) is 14.2 Å². The van der Waals surface area contributed by atoms with Crippen molar-refractivity contribution in [2.75, 3.05) is 19.5 Å². The molecule has 0 aliphatic rings. The zero-order valence-corrected chi connectivity index (χ0v) is 22.8. The lowest BCUT2D eigenvalue weighted by atomic mass is 9.76. The van der Waals surface area contributed by atoms with Crippen LogP contribution in [0.15, 0.2) is 122 Å². The van der Waals surface area contributed by atoms with E-state index < -0.39 is 5.54 Å². The van der Waals surface area contributed by atoms with Crippen molar-refractivity contribution in [3.63, 3.8) is 0 Å². The lowest BCUT2D eigenvalue weighted by molar-refractivity contribution is 0.105. The number of benzene rings is 4. The minimum atomic E-state index is -0.946. The maximum atomic E-state index is 6.05. The van der Waals surface area contributed by atoms with Gasteiger partial charge in [0.1, 0.15) is 24.8 Å². The smallest absolute Gasteiger partial charge is 0.201 e. The second-order valence-electron chi connectivity index (χ2n) is 9.37. The first-order valence-corrected chi connectivity index (χ1v) is 13.2. The van der Waals surface area contributed by atoms with E-state index >= 15 is 0 Å². The lowest BCUT2D eigenvalue weighted by Crippen LogP contribution is -2.39. The molecule has 0 saturated heterocycles. The van der Waals surface area contributed by atoms with E-state index in [0.29, 0.717) is 35.1 Å². The summed E-state index contributed by atoms with van der Waals surface area (Å²) in [6.07, 6.45) is 3.13. The predicted molar refractivity (Wildman–Crippen MR) is 158 cm³/mol. The van der Waals surface area contributed by atoms with Gasteiger partial charge in [0.25, 0.3) is 0 Å². The van der Waals surface area contributed by atoms with Crippen LogP contribution in [0, 0.1) is 0 Å². The molecule has 4 aromatic carbocycles. The highest BCUT2D eigenvalue weighted by Gasteiger charge is 2.40. The van der Waals surface area contributed by atoms with E-state index in [-0.39, 0.29) is 0 Å². The summed E-state index contributed by atoms with van der Waals surface area (Å²) in [5.41, 5.74) is 4.01. The van der Waals surface area contributed by atoms with Gasteiger partial charge >= 0.3 is 0 Å². The molecule has 6 aromatic rings. The summed E-state index contributed by atoms with van der Waals surface area (Å²) < 4.78 is 13.3. The third kappa shape index (κ3) is 4.80. The van der Waals surface area contributed by atoms with Gasteiger partial charge in [-0.05, 0) is 22.8 Å². The van der Waals surface area contributed by atoms with Crippen molar-refractivity contribution >= 4 is 17.0 Å². The maximum Gasteiger partial charge on any atom is 0.201 e. The molecule has 0 spiro atoms. The Hall–Kier alpha value is -5.37. The fourth-order valence-electron chi connectivity index (χ4n) is 5.14. The molecule has 0 fully saturated rings. The van der Waals surface area contributed by atoms with E-state index in [1.165, 1.54) is 6.33 Å². The topological polar surface area (TPSA) is 83.3 Å². The van der Waals surface area contributed by atoms with Crippen LogP contribution in [-0.2, 0) is 12.1 Å². The van der Waals surface area contributed by atoms with E-state index in [0.717, 1.165) is 22.3 Å². The Morgan fingerprint density at radius 2 is 1.37 bits per heavy atom. The van der Waals surface area contributed by atoms with Crippen molar-refractivity contribution in [3.05, 3.63) is 144 Å². The van der Waals surface area contributed by atoms with Crippen molar-refractivity contribution < 1.29 is 14.3 Å². The second-order valence-corrected chi connectivity index (χ2v) is 9.37. The molecule has 0 aliphatic carbocycles. The van der Waals surface area contributed by atoms with Gasteiger partial charge in [-0.1, -0.05) is 103 Å². The third-order valence-electron chi connectivity index (χ3n) is 7.04. The van der Waals surface area contributed by atoms with Crippen LogP contribution in [0.1, 0.15) is 22.3 Å². The van der Waals surface area contributed by atoms with Gasteiger partial charge < -0.3 is 19.6 Å². The summed E-state index contributed by atoms with van der Waals surface area (Å²) in [4.78, 5) is 19.9. The van der Waals surface area contributed by atoms with Crippen molar-refractivity contribution in [1.29, 1.82) is 0 Å². The van der Waals surface area contributed by atoms with E-state index in [9.17, 15) is 0 Å². The van der Waals surface area contributed by atoms with Gasteiger partial charge in [-0.25, -0.2) is 15.0 Å². The summed E-state index contributed by atoms with van der Waals surface area (Å²) in [6.45, 7) is 0.373. The summed E-state index contributed by atoms with van der Waals surface area (Å²) in [7, 11) is 3.29. The fourth-order valence-corrected chi connectivity index (χ4v) is 5.14. The fraction of sp³-hybridized carbons (Fsp3) is 0.121. The number of imidazole rings is 1. The minimum absolute atomic E-state index is 0.373. The van der Waals surface area contributed by atoms with Crippen molar-refractivity contribution in [2.45, 2.75) is 12.1 Å². The first kappa shape index (κ1) is 25.9. The number of nitrogens with one attached hydrogen (secondary N) is 1. The molecule has 1 N–H and O–H groups in total. The van der Waals surface area contributed by atoms with Crippen LogP contribution < -0.4 is 19.6 Å². The molecule has 0 unspecified atom stereocenters. The molecule has 0 saturated carbocycles. The van der Waals surface area contributed by atoms with Crippen LogP contribution in [0.5, 0.6) is 11.5 Å². The first-order valence-electron chi connectivity index (χ1n) is 13.2. The van der Waals surface area contributed by atoms with Crippen LogP contribution in [0.3, 0.4) is 0 Å². The van der Waals surface area contributed by atoms with Crippen molar-refractivity contribution in [2.24, 2.45) is 0 Å². The second kappa shape index (κ2) is 11.4. The number of nitrogens with zero attached hydrogens (tertiary/aromatic N) is 4. The normalized spacial score (nSPS) is 11.3. The van der Waals surface area contributed by atoms with Crippen LogP contribution in [0.25, 0.3) is 11.2 Å². The highest BCUT2D eigenvalue weighted by Crippen LogP contribution is 2.47. The SMILES string of the molecule is COc1cccc(C(Nc2ncnc3c2ncn3OCc2ccccc2)(c2ccccc2)c2ccccc2)c1OC. The van der Waals surface area contributed by atoms with E-state index in [1.807, 2.05) is 84.9 Å². The molecule has 0 aliphatic heterocycles. The molecule has 0 atom stereocenters. The van der Waals surface area contributed by atoms with Gasteiger partial charge in [-0.2, -0.15) is 4.73 Å². The molecule has 0 bridgehead atoms. The van der Waals surface area contributed by atoms with Gasteiger partial charge in [0, 0.05) is 5.56 Å². The predicted octanol–water partition coefficient (Wildman–Crippen LogP) is 5.88. The Bertz CT molecular complexity index is 1700. The number of rotatable bonds is 10. The number of aromatic nitrogens is 4. The van der Waals surface area contributed by atoms with Crippen LogP contribution in [-0.4, -0.2) is 33.9 Å². The number of para-hydroxylation sites is 1. The van der Waals surface area contributed by atoms with E-state index in [2.05, 4.69) is 44.5 Å². The summed E-state index contributed by atoms with van der Waals surface area (Å²) >= 11 is 0. The molecular formula is C33H29N5O3. The van der Waals surface area contributed by atoms with Gasteiger partial charge in [-0.15, -0.1) is 0 Å². The molecule has 6 rings (SSSR count). The van der Waals surface area contributed by atoms with E-state index in [4.69, 9.17) is 14.3 Å². The zero-order valence-electron chi connectivity index (χ0n) is 22.8. The first-order chi connectivity index (χ1) is 20.2. The van der Waals surface area contributed by atoms with Crippen LogP contribution >= 0.6 is 0 Å². The van der Waals surface area contributed by atoms with Crippen molar-refractivity contribution in [3.8, 4) is 11.5 Å². The van der Waals surface area contributed by atoms with Crippen LogP contribution in [0.2, 0.25) is 0 Å². The number of hydrogen-bond donors (Lipinski definition) is 1. The Morgan fingerprint density at radius 3 is 2.00 bits per heavy atom. The third-order valence-corrected chi connectivity index (χ3v) is 7.04. The largest absolute Gasteiger partial charge is 0.493 e. The summed E-state index contributed by atoms with van der Waals surface area (Å²) in [6, 6.07) is 36.2. The Balaban J connectivity index is 1.54. The molecular weight excluding hydrogens is 514 g/mol. The Kier molecular flexibility index (Phi) is 7.19. The van der Waals surface area contributed by atoms with Crippen molar-refractivity contribution in [1.82, 2.24) is 19.7 Å². The average molecular weight is 544 g/mol. The Morgan fingerprint density at radius 1 is 0.707 bits per heavy atom. The van der Waals surface area contributed by atoms with Gasteiger partial charge in [0.15, 0.2) is 22.8 Å². The molecule has 0 radical (unpaired) electrons. The maximum absolute atomic E-state index is 6.05. The highest BCUT2D eigenvalue weighted by molar-refractivity contribution is 5.84. The Labute approximate surface area is 238 Å². The number of methoxy groups -OCH3 is 2. The highest BCUT2D eigenvalue weighted by atomic mass is 16.7. The quantitative estimate of drug-likeness (QED) is 0.216. The molecule has 41 heavy (non-hydrogen) atoms. The molecule has 0 amide bonds. The van der Waals surface area contributed by atoms with E-state index in [1.54, 1.807) is 25.3 Å². The zero-order chi connectivity index (χ0) is 28.1. The average Bonchev–Trinajstić information content (AvgIpc) is 3.47. The summed E-state index contributed by atoms with van der Waals surface area (Å²) in [5, 5.41) is 3.78. The molecule has 204 valence electrons. The number of anilines is 1. The monoisotopic (exact) mass is 543 g/mol. The number of hydrogen-bond acceptors (Lipinski definition) is 7. The minimum Gasteiger partial charge on any atom is -0.493 e. The van der Waals surface area contributed by atoms with Crippen LogP contribution in [0.4, 0.5) is 5.82 Å². The summed E-state index contributed by atoms with van der Waals surface area (Å²) in [5.74, 6) is 1.77. The molecule has 2 aromatic heterocycles. The van der Waals surface area contributed by atoms with Gasteiger partial charge in [-0.3, -0.25) is 0 Å². The molecule has 8 heteroatoms. The van der Waals surface area contributed by atoms with Gasteiger partial charge in [0.2, 0.25) is 5.65 Å². The molecule has 2 heterocycles. The lowest BCUT2D eigenvalue weighted by Gasteiger charge is -2.38. The number of ether oxygens (including phenoxy) is 2. The molecule has 8 nitrogen and oxygen atoms in total. The number of fused-ring (bicyclic) bond motifs is 1. The standard InChI is InChI=1S/C33H29N5O3/c1-39-28-20-12-19-27(30(28)40-2)33(25-15-8-4-9-16-25,26-17-10-5-11-18-26)37-31-29-32(35-22-34-31)38(23-36-29)41-21-24-13-6-3-7-14-24/h3-20,22-23H,21H2,1-2H3,(H,34,35,37).